The van der Waals surface area contributed by atoms with E-state index in [2.05, 4.69) is 30.4 Å². The number of hydrogen-bond donors (Lipinski definition) is 1. The molecule has 0 unspecified atom stereocenters. The van der Waals surface area contributed by atoms with E-state index in [0.29, 0.717) is 4.47 Å². The van der Waals surface area contributed by atoms with Crippen LogP contribution in [0.3, 0.4) is 0 Å². The Bertz CT molecular complexity index is 741. The quantitative estimate of drug-likeness (QED) is 0.866. The first-order valence-electron chi connectivity index (χ1n) is 5.55. The highest BCUT2D eigenvalue weighted by Gasteiger charge is 2.15. The highest BCUT2D eigenvalue weighted by molar-refractivity contribution is 9.10. The van der Waals surface area contributed by atoms with Gasteiger partial charge in [0.15, 0.2) is 0 Å². The smallest absolute Gasteiger partial charge is 0.387 e. The number of benzene rings is 1. The zero-order valence-electron chi connectivity index (χ0n) is 10.3. The number of halogens is 3. The molecule has 21 heavy (non-hydrogen) atoms. The molecule has 0 aliphatic rings. The topological polar surface area (TPSA) is 68.3 Å². The Morgan fingerprint density at radius 2 is 2.00 bits per heavy atom. The van der Waals surface area contributed by atoms with Gasteiger partial charge in [0, 0.05) is 22.9 Å². The fraction of sp³-hybridized carbons (Fsp3) is 0.0833. The van der Waals surface area contributed by atoms with Crippen LogP contribution in [-0.2, 0) is 10.0 Å². The molecule has 0 radical (unpaired) electrons. The third kappa shape index (κ3) is 4.36. The molecule has 0 bridgehead atoms. The van der Waals surface area contributed by atoms with E-state index in [1.165, 1.54) is 36.7 Å². The number of nitrogens with zero attached hydrogens (tertiary/aromatic N) is 1. The number of rotatable bonds is 5. The second-order valence-corrected chi connectivity index (χ2v) is 6.45. The molecule has 0 aliphatic heterocycles. The first-order valence-corrected chi connectivity index (χ1v) is 7.83. The molecule has 0 atom stereocenters. The summed E-state index contributed by atoms with van der Waals surface area (Å²) < 4.78 is 55.5. The Morgan fingerprint density at radius 1 is 1.24 bits per heavy atom. The number of hydrogen-bond acceptors (Lipinski definition) is 4. The first kappa shape index (κ1) is 15.6. The van der Waals surface area contributed by atoms with Crippen LogP contribution in [0.4, 0.5) is 14.5 Å². The zero-order valence-corrected chi connectivity index (χ0v) is 12.7. The van der Waals surface area contributed by atoms with Crippen molar-refractivity contribution in [2.75, 3.05) is 4.72 Å². The molecule has 1 aromatic heterocycles. The molecule has 0 saturated heterocycles. The van der Waals surface area contributed by atoms with Crippen molar-refractivity contribution < 1.29 is 21.9 Å². The maximum atomic E-state index is 12.1. The molecule has 1 N–H and O–H groups in total. The van der Waals surface area contributed by atoms with Gasteiger partial charge in [-0.2, -0.15) is 8.78 Å². The average molecular weight is 379 g/mol. The van der Waals surface area contributed by atoms with Gasteiger partial charge in [-0.25, -0.2) is 8.42 Å². The van der Waals surface area contributed by atoms with E-state index < -0.39 is 16.6 Å². The summed E-state index contributed by atoms with van der Waals surface area (Å²) in [4.78, 5) is 3.70. The summed E-state index contributed by atoms with van der Waals surface area (Å²) >= 11 is 3.12. The van der Waals surface area contributed by atoms with Crippen molar-refractivity contribution in [3.8, 4) is 5.75 Å². The Labute approximate surface area is 128 Å². The molecule has 5 nitrogen and oxygen atoms in total. The summed E-state index contributed by atoms with van der Waals surface area (Å²) in [5.74, 6) is -0.141. The van der Waals surface area contributed by atoms with Crippen LogP contribution in [0, 0.1) is 0 Å². The summed E-state index contributed by atoms with van der Waals surface area (Å²) in [5.41, 5.74) is 0.105. The molecular weight excluding hydrogens is 370 g/mol. The lowest BCUT2D eigenvalue weighted by Crippen LogP contribution is -2.13. The standard InChI is InChI=1S/C12H9BrF2N2O3S/c13-8-4-11(7-16-6-8)21(18,19)17-9-2-1-3-10(5-9)20-12(14)15/h1-7,12,17H. The number of nitrogens with one attached hydrogen (secondary N) is 1. The predicted molar refractivity (Wildman–Crippen MR) is 75.8 cm³/mol. The molecule has 1 heterocycles. The Morgan fingerprint density at radius 3 is 2.67 bits per heavy atom. The van der Waals surface area contributed by atoms with Crippen molar-refractivity contribution in [2.24, 2.45) is 0 Å². The highest BCUT2D eigenvalue weighted by atomic mass is 79.9. The minimum Gasteiger partial charge on any atom is -0.435 e. The molecule has 0 fully saturated rings. The van der Waals surface area contributed by atoms with E-state index in [9.17, 15) is 17.2 Å². The highest BCUT2D eigenvalue weighted by Crippen LogP contribution is 2.22. The molecule has 0 amide bonds. The molecule has 2 rings (SSSR count). The molecule has 9 heteroatoms. The van der Waals surface area contributed by atoms with Crippen LogP contribution in [0.15, 0.2) is 52.1 Å². The number of alkyl halides is 2. The van der Waals surface area contributed by atoms with Gasteiger partial charge in [-0.15, -0.1) is 0 Å². The van der Waals surface area contributed by atoms with Crippen LogP contribution in [-0.4, -0.2) is 20.0 Å². The van der Waals surface area contributed by atoms with Gasteiger partial charge in [-0.1, -0.05) is 6.07 Å². The summed E-state index contributed by atoms with van der Waals surface area (Å²) in [6.45, 7) is -2.98. The second-order valence-electron chi connectivity index (χ2n) is 3.85. The molecule has 2 aromatic rings. The van der Waals surface area contributed by atoms with Crippen LogP contribution in [0.2, 0.25) is 0 Å². The summed E-state index contributed by atoms with van der Waals surface area (Å²) in [6, 6.07) is 6.64. The SMILES string of the molecule is O=S(=O)(Nc1cccc(OC(F)F)c1)c1cncc(Br)c1. The lowest BCUT2D eigenvalue weighted by Gasteiger charge is -2.10. The lowest BCUT2D eigenvalue weighted by atomic mass is 10.3. The van der Waals surface area contributed by atoms with Crippen molar-refractivity contribution in [3.63, 3.8) is 0 Å². The van der Waals surface area contributed by atoms with Gasteiger partial charge < -0.3 is 4.74 Å². The predicted octanol–water partition coefficient (Wildman–Crippen LogP) is 3.25. The Hall–Kier alpha value is -1.74. The third-order valence-corrected chi connectivity index (χ3v) is 4.08. The molecular formula is C12H9BrF2N2O3S. The maximum Gasteiger partial charge on any atom is 0.387 e. The van der Waals surface area contributed by atoms with Gasteiger partial charge in [-0.3, -0.25) is 9.71 Å². The number of sulfonamides is 1. The van der Waals surface area contributed by atoms with Gasteiger partial charge in [0.2, 0.25) is 0 Å². The van der Waals surface area contributed by atoms with E-state index >= 15 is 0 Å². The van der Waals surface area contributed by atoms with Crippen LogP contribution < -0.4 is 9.46 Å². The molecule has 1 aromatic carbocycles. The third-order valence-electron chi connectivity index (χ3n) is 2.30. The number of pyridine rings is 1. The first-order chi connectivity index (χ1) is 9.87. The van der Waals surface area contributed by atoms with Gasteiger partial charge in [0.25, 0.3) is 10.0 Å². The molecule has 0 spiro atoms. The van der Waals surface area contributed by atoms with Crippen molar-refractivity contribution in [1.29, 1.82) is 0 Å². The van der Waals surface area contributed by atoms with Crippen molar-refractivity contribution >= 4 is 31.6 Å². The zero-order chi connectivity index (χ0) is 15.5. The number of anilines is 1. The summed E-state index contributed by atoms with van der Waals surface area (Å²) in [7, 11) is -3.87. The Kier molecular flexibility index (Phi) is 4.73. The van der Waals surface area contributed by atoms with Crippen molar-refractivity contribution in [2.45, 2.75) is 11.5 Å². The molecule has 0 saturated carbocycles. The normalized spacial score (nSPS) is 11.4. The fourth-order valence-corrected chi connectivity index (χ4v) is 3.04. The number of aromatic nitrogens is 1. The maximum absolute atomic E-state index is 12.1. The second kappa shape index (κ2) is 6.35. The summed E-state index contributed by atoms with van der Waals surface area (Å²) in [5, 5.41) is 0. The molecule has 0 aliphatic carbocycles. The number of ether oxygens (including phenoxy) is 1. The van der Waals surface area contributed by atoms with Crippen LogP contribution in [0.5, 0.6) is 5.75 Å². The van der Waals surface area contributed by atoms with Gasteiger partial charge in [-0.05, 0) is 34.1 Å². The average Bonchev–Trinajstić information content (AvgIpc) is 2.37. The van der Waals surface area contributed by atoms with E-state index in [1.54, 1.807) is 0 Å². The largest absolute Gasteiger partial charge is 0.435 e. The molecule has 112 valence electrons. The minimum atomic E-state index is -3.87. The van der Waals surface area contributed by atoms with E-state index in [1.807, 2.05) is 0 Å². The van der Waals surface area contributed by atoms with Gasteiger partial charge >= 0.3 is 6.61 Å². The van der Waals surface area contributed by atoms with Crippen LogP contribution in [0.1, 0.15) is 0 Å². The van der Waals surface area contributed by atoms with Crippen LogP contribution >= 0.6 is 15.9 Å². The van der Waals surface area contributed by atoms with Gasteiger partial charge in [0.1, 0.15) is 10.6 Å². The van der Waals surface area contributed by atoms with Crippen molar-refractivity contribution in [3.05, 3.63) is 47.2 Å². The monoisotopic (exact) mass is 378 g/mol. The van der Waals surface area contributed by atoms with E-state index in [0.717, 1.165) is 6.07 Å². The van der Waals surface area contributed by atoms with E-state index in [4.69, 9.17) is 0 Å². The van der Waals surface area contributed by atoms with Gasteiger partial charge in [0.05, 0.1) is 5.69 Å². The fourth-order valence-electron chi connectivity index (χ4n) is 1.49. The van der Waals surface area contributed by atoms with Crippen molar-refractivity contribution in [1.82, 2.24) is 4.98 Å². The van der Waals surface area contributed by atoms with E-state index in [-0.39, 0.29) is 16.3 Å². The van der Waals surface area contributed by atoms with Crippen LogP contribution in [0.25, 0.3) is 0 Å². The Balaban J connectivity index is 2.24. The minimum absolute atomic E-state index is 0.0583. The lowest BCUT2D eigenvalue weighted by molar-refractivity contribution is -0.0497. The summed E-state index contributed by atoms with van der Waals surface area (Å²) in [6.07, 6.45) is 2.61.